The molecule has 2 heterocycles. The first kappa shape index (κ1) is 16.8. The van der Waals surface area contributed by atoms with Crippen LogP contribution >= 0.6 is 0 Å². The van der Waals surface area contributed by atoms with E-state index in [4.69, 9.17) is 9.26 Å². The number of rotatable bonds is 6. The number of carbonyl (C=O) groups excluding carboxylic acids is 2. The van der Waals surface area contributed by atoms with Crippen molar-refractivity contribution in [3.05, 3.63) is 48.3 Å². The zero-order chi connectivity index (χ0) is 17.8. The molecule has 1 N–H and O–H groups in total. The van der Waals surface area contributed by atoms with Gasteiger partial charge in [-0.3, -0.25) is 14.9 Å². The van der Waals surface area contributed by atoms with Gasteiger partial charge in [0.15, 0.2) is 6.10 Å². The first-order chi connectivity index (χ1) is 12.0. The Morgan fingerprint density at radius 2 is 2.12 bits per heavy atom. The molecule has 1 aromatic carbocycles. The summed E-state index contributed by atoms with van der Waals surface area (Å²) >= 11 is 0. The Bertz CT molecular complexity index is 897. The summed E-state index contributed by atoms with van der Waals surface area (Å²) in [4.78, 5) is 24.0. The van der Waals surface area contributed by atoms with Gasteiger partial charge in [-0.05, 0) is 31.4 Å². The minimum absolute atomic E-state index is 0.178. The van der Waals surface area contributed by atoms with E-state index in [-0.39, 0.29) is 12.3 Å². The van der Waals surface area contributed by atoms with Crippen molar-refractivity contribution >= 4 is 28.7 Å². The topological polar surface area (TPSA) is 86.4 Å². The highest BCUT2D eigenvalue weighted by molar-refractivity contribution is 5.94. The number of fused-ring (bicyclic) bond motifs is 1. The van der Waals surface area contributed by atoms with E-state index in [1.54, 1.807) is 13.0 Å². The minimum Gasteiger partial charge on any atom is -0.452 e. The predicted octanol–water partition coefficient (Wildman–Crippen LogP) is 2.90. The van der Waals surface area contributed by atoms with Crippen LogP contribution in [0.25, 0.3) is 10.9 Å². The summed E-state index contributed by atoms with van der Waals surface area (Å²) in [6, 6.07) is 11.5. The smallest absolute Gasteiger partial charge is 0.308 e. The molecule has 3 rings (SSSR count). The quantitative estimate of drug-likeness (QED) is 0.697. The Hall–Kier alpha value is -3.09. The standard InChI is InChI=1S/C18H19N3O4/c1-12-11-16(25-20-12)19-18(23)13(2)24-17(22)8-10-21-9-7-14-5-3-4-6-15(14)21/h3-7,9,11,13H,8,10H2,1-2H3,(H,19,23)/t13-/m0/s1. The number of anilines is 1. The molecule has 0 radical (unpaired) electrons. The summed E-state index contributed by atoms with van der Waals surface area (Å²) in [6.45, 7) is 3.75. The molecule has 7 heteroatoms. The number of nitrogens with zero attached hydrogens (tertiary/aromatic N) is 2. The number of carbonyl (C=O) groups is 2. The normalized spacial score (nSPS) is 12.1. The molecule has 0 aliphatic heterocycles. The summed E-state index contributed by atoms with van der Waals surface area (Å²) in [5.41, 5.74) is 1.71. The van der Waals surface area contributed by atoms with Crippen LogP contribution < -0.4 is 5.32 Å². The average Bonchev–Trinajstić information content (AvgIpc) is 3.19. The third-order valence-corrected chi connectivity index (χ3v) is 3.79. The van der Waals surface area contributed by atoms with Crippen LogP contribution in [0.5, 0.6) is 0 Å². The van der Waals surface area contributed by atoms with E-state index in [0.29, 0.717) is 12.2 Å². The second kappa shape index (κ2) is 7.21. The zero-order valence-electron chi connectivity index (χ0n) is 14.1. The molecule has 0 unspecified atom stereocenters. The second-order valence-corrected chi connectivity index (χ2v) is 5.77. The molecule has 7 nitrogen and oxygen atoms in total. The predicted molar refractivity (Wildman–Crippen MR) is 92.0 cm³/mol. The fraction of sp³-hybridized carbons (Fsp3) is 0.278. The van der Waals surface area contributed by atoms with Gasteiger partial charge in [-0.2, -0.15) is 0 Å². The maximum atomic E-state index is 12.0. The fourth-order valence-corrected chi connectivity index (χ4v) is 2.50. The molecule has 0 aliphatic carbocycles. The molecule has 25 heavy (non-hydrogen) atoms. The van der Waals surface area contributed by atoms with E-state index in [9.17, 15) is 9.59 Å². The summed E-state index contributed by atoms with van der Waals surface area (Å²) in [5, 5.41) is 7.30. The van der Waals surface area contributed by atoms with Gasteiger partial charge in [0.25, 0.3) is 5.91 Å². The number of benzene rings is 1. The minimum atomic E-state index is -0.917. The molecule has 0 bridgehead atoms. The van der Waals surface area contributed by atoms with Crippen LogP contribution in [0.15, 0.2) is 47.1 Å². The largest absolute Gasteiger partial charge is 0.452 e. The first-order valence-electron chi connectivity index (χ1n) is 8.00. The van der Waals surface area contributed by atoms with Gasteiger partial charge < -0.3 is 13.8 Å². The van der Waals surface area contributed by atoms with Crippen molar-refractivity contribution < 1.29 is 18.8 Å². The van der Waals surface area contributed by atoms with Gasteiger partial charge in [0.05, 0.1) is 12.1 Å². The molecular formula is C18H19N3O4. The number of aromatic nitrogens is 2. The second-order valence-electron chi connectivity index (χ2n) is 5.77. The van der Waals surface area contributed by atoms with Crippen LogP contribution in [0.1, 0.15) is 19.0 Å². The van der Waals surface area contributed by atoms with Crippen molar-refractivity contribution in [2.45, 2.75) is 32.9 Å². The highest BCUT2D eigenvalue weighted by Gasteiger charge is 2.19. The maximum Gasteiger partial charge on any atom is 0.308 e. The summed E-state index contributed by atoms with van der Waals surface area (Å²) in [5.74, 6) is -0.672. The van der Waals surface area contributed by atoms with Gasteiger partial charge in [-0.1, -0.05) is 23.4 Å². The van der Waals surface area contributed by atoms with Crippen molar-refractivity contribution in [3.63, 3.8) is 0 Å². The van der Waals surface area contributed by atoms with Gasteiger partial charge in [-0.25, -0.2) is 0 Å². The number of aryl methyl sites for hydroxylation is 2. The van der Waals surface area contributed by atoms with E-state index >= 15 is 0 Å². The van der Waals surface area contributed by atoms with E-state index in [1.807, 2.05) is 41.1 Å². The van der Waals surface area contributed by atoms with Crippen LogP contribution in [0.3, 0.4) is 0 Å². The molecule has 0 saturated carbocycles. The Balaban J connectivity index is 1.50. The summed E-state index contributed by atoms with van der Waals surface area (Å²) in [6.07, 6.45) is 1.19. The van der Waals surface area contributed by atoms with Crippen LogP contribution in [0.4, 0.5) is 5.88 Å². The molecule has 3 aromatic rings. The molecule has 0 aliphatic rings. The Labute approximate surface area is 144 Å². The maximum absolute atomic E-state index is 12.0. The molecule has 0 fully saturated rings. The third kappa shape index (κ3) is 4.06. The lowest BCUT2D eigenvalue weighted by atomic mass is 10.2. The Morgan fingerprint density at radius 1 is 1.32 bits per heavy atom. The summed E-state index contributed by atoms with van der Waals surface area (Å²) < 4.78 is 12.1. The van der Waals surface area contributed by atoms with E-state index in [1.165, 1.54) is 6.92 Å². The van der Waals surface area contributed by atoms with E-state index in [0.717, 1.165) is 10.9 Å². The molecule has 2 aromatic heterocycles. The van der Waals surface area contributed by atoms with Crippen LogP contribution in [0, 0.1) is 6.92 Å². The highest BCUT2D eigenvalue weighted by atomic mass is 16.5. The SMILES string of the molecule is Cc1cc(NC(=O)[C@H](C)OC(=O)CCn2ccc3ccccc32)on1. The summed E-state index contributed by atoms with van der Waals surface area (Å²) in [7, 11) is 0. The number of nitrogens with one attached hydrogen (secondary N) is 1. The van der Waals surface area contributed by atoms with E-state index < -0.39 is 18.0 Å². The molecule has 0 spiro atoms. The van der Waals surface area contributed by atoms with Gasteiger partial charge in [0.1, 0.15) is 0 Å². The third-order valence-electron chi connectivity index (χ3n) is 3.79. The first-order valence-corrected chi connectivity index (χ1v) is 8.00. The lowest BCUT2D eigenvalue weighted by Crippen LogP contribution is -2.30. The van der Waals surface area contributed by atoms with Gasteiger partial charge in [0.2, 0.25) is 5.88 Å². The molecule has 0 saturated heterocycles. The van der Waals surface area contributed by atoms with Crippen molar-refractivity contribution in [1.29, 1.82) is 0 Å². The lowest BCUT2D eigenvalue weighted by Gasteiger charge is -2.12. The van der Waals surface area contributed by atoms with Crippen molar-refractivity contribution in [2.24, 2.45) is 0 Å². The molecule has 1 amide bonds. The van der Waals surface area contributed by atoms with Crippen molar-refractivity contribution in [1.82, 2.24) is 9.72 Å². The number of hydrogen-bond donors (Lipinski definition) is 1. The van der Waals surface area contributed by atoms with Gasteiger partial charge in [-0.15, -0.1) is 0 Å². The zero-order valence-corrected chi connectivity index (χ0v) is 14.1. The van der Waals surface area contributed by atoms with Crippen LogP contribution in [-0.2, 0) is 20.9 Å². The van der Waals surface area contributed by atoms with Crippen molar-refractivity contribution in [2.75, 3.05) is 5.32 Å². The molecule has 130 valence electrons. The molecular weight excluding hydrogens is 322 g/mol. The lowest BCUT2D eigenvalue weighted by molar-refractivity contribution is -0.153. The number of amides is 1. The van der Waals surface area contributed by atoms with Crippen molar-refractivity contribution in [3.8, 4) is 0 Å². The fourth-order valence-electron chi connectivity index (χ4n) is 2.50. The van der Waals surface area contributed by atoms with E-state index in [2.05, 4.69) is 10.5 Å². The Morgan fingerprint density at radius 3 is 2.88 bits per heavy atom. The van der Waals surface area contributed by atoms with Crippen LogP contribution in [0.2, 0.25) is 0 Å². The van der Waals surface area contributed by atoms with Gasteiger partial charge in [0, 0.05) is 24.3 Å². The Kier molecular flexibility index (Phi) is 4.83. The number of hydrogen-bond acceptors (Lipinski definition) is 5. The number of ether oxygens (including phenoxy) is 1. The van der Waals surface area contributed by atoms with Gasteiger partial charge >= 0.3 is 5.97 Å². The highest BCUT2D eigenvalue weighted by Crippen LogP contribution is 2.15. The van der Waals surface area contributed by atoms with Crippen LogP contribution in [-0.4, -0.2) is 27.7 Å². The monoisotopic (exact) mass is 341 g/mol. The molecule has 1 atom stereocenters. The average molecular weight is 341 g/mol. The number of esters is 1. The number of para-hydroxylation sites is 1.